The predicted molar refractivity (Wildman–Crippen MR) is 62.6 cm³/mol. The largest absolute Gasteiger partial charge is 0.327 e. The van der Waals surface area contributed by atoms with Gasteiger partial charge in [0.1, 0.15) is 0 Å². The van der Waals surface area contributed by atoms with E-state index in [1.54, 1.807) is 0 Å². The van der Waals surface area contributed by atoms with Crippen LogP contribution in [0.3, 0.4) is 0 Å². The minimum absolute atomic E-state index is 0.286. The maximum absolute atomic E-state index is 5.97. The van der Waals surface area contributed by atoms with Gasteiger partial charge in [-0.1, -0.05) is 37.6 Å². The summed E-state index contributed by atoms with van der Waals surface area (Å²) in [5.74, 6) is 0.550. The monoisotopic (exact) mass is 211 g/mol. The molecule has 1 nitrogen and oxygen atoms in total. The fourth-order valence-corrected chi connectivity index (χ4v) is 1.57. The average Bonchev–Trinajstić information content (AvgIpc) is 2.14. The van der Waals surface area contributed by atoms with E-state index in [4.69, 9.17) is 17.3 Å². The van der Waals surface area contributed by atoms with Crippen molar-refractivity contribution in [1.82, 2.24) is 0 Å². The van der Waals surface area contributed by atoms with Gasteiger partial charge in [0, 0.05) is 11.1 Å². The van der Waals surface area contributed by atoms with E-state index in [2.05, 4.69) is 19.9 Å². The van der Waals surface area contributed by atoms with Crippen LogP contribution in [0.25, 0.3) is 0 Å². The molecule has 0 heterocycles. The van der Waals surface area contributed by atoms with Gasteiger partial charge in [0.05, 0.1) is 0 Å². The fraction of sp³-hybridized carbons (Fsp3) is 0.500. The third kappa shape index (κ3) is 3.69. The number of aryl methyl sites for hydroxylation is 1. The maximum atomic E-state index is 5.97. The number of benzene rings is 1. The quantitative estimate of drug-likeness (QED) is 0.813. The Morgan fingerprint density at radius 2 is 2.07 bits per heavy atom. The Kier molecular flexibility index (Phi) is 4.43. The van der Waals surface area contributed by atoms with E-state index in [-0.39, 0.29) is 6.04 Å². The van der Waals surface area contributed by atoms with Crippen molar-refractivity contribution >= 4 is 11.6 Å². The average molecular weight is 212 g/mol. The zero-order valence-electron chi connectivity index (χ0n) is 8.83. The second kappa shape index (κ2) is 5.38. The molecule has 0 saturated heterocycles. The van der Waals surface area contributed by atoms with Gasteiger partial charge in [0.2, 0.25) is 0 Å². The Morgan fingerprint density at radius 3 is 2.64 bits per heavy atom. The van der Waals surface area contributed by atoms with Crippen LogP contribution in [0.1, 0.15) is 25.8 Å². The lowest BCUT2D eigenvalue weighted by molar-refractivity contribution is 0.464. The first kappa shape index (κ1) is 11.5. The van der Waals surface area contributed by atoms with Crippen LogP contribution in [-0.4, -0.2) is 6.04 Å². The van der Waals surface area contributed by atoms with Crippen molar-refractivity contribution in [2.24, 2.45) is 11.7 Å². The molecule has 0 aliphatic carbocycles. The molecule has 0 aliphatic rings. The smallest absolute Gasteiger partial charge is 0.0408 e. The Hall–Kier alpha value is -0.530. The number of nitrogens with two attached hydrogens (primary N) is 1. The molecular weight excluding hydrogens is 194 g/mol. The molecule has 1 atom stereocenters. The molecule has 14 heavy (non-hydrogen) atoms. The van der Waals surface area contributed by atoms with Gasteiger partial charge in [-0.05, 0) is 36.5 Å². The van der Waals surface area contributed by atoms with Crippen molar-refractivity contribution in [3.63, 3.8) is 0 Å². The first-order valence-corrected chi connectivity index (χ1v) is 5.47. The Balaban J connectivity index is 2.45. The normalized spacial score (nSPS) is 13.2. The van der Waals surface area contributed by atoms with Crippen molar-refractivity contribution in [2.75, 3.05) is 0 Å². The molecule has 0 aliphatic heterocycles. The van der Waals surface area contributed by atoms with E-state index >= 15 is 0 Å². The molecule has 0 amide bonds. The van der Waals surface area contributed by atoms with Crippen LogP contribution in [0.4, 0.5) is 0 Å². The molecule has 1 rings (SSSR count). The highest BCUT2D eigenvalue weighted by molar-refractivity contribution is 6.30. The molecule has 0 bridgehead atoms. The van der Waals surface area contributed by atoms with Gasteiger partial charge >= 0.3 is 0 Å². The Bertz CT molecular complexity index is 283. The van der Waals surface area contributed by atoms with Crippen LogP contribution < -0.4 is 5.73 Å². The summed E-state index contributed by atoms with van der Waals surface area (Å²) < 4.78 is 0. The van der Waals surface area contributed by atoms with E-state index in [0.717, 1.165) is 17.9 Å². The topological polar surface area (TPSA) is 26.0 Å². The molecule has 2 N–H and O–H groups in total. The third-order valence-electron chi connectivity index (χ3n) is 2.51. The SMILES string of the molecule is CC(C)C(N)CCc1cccc(Cl)c1. The molecule has 78 valence electrons. The van der Waals surface area contributed by atoms with Crippen molar-refractivity contribution in [2.45, 2.75) is 32.7 Å². The van der Waals surface area contributed by atoms with Crippen molar-refractivity contribution in [3.8, 4) is 0 Å². The van der Waals surface area contributed by atoms with Crippen molar-refractivity contribution < 1.29 is 0 Å². The summed E-state index contributed by atoms with van der Waals surface area (Å²) in [5, 5.41) is 0.806. The molecule has 0 saturated carbocycles. The molecular formula is C12H18ClN. The van der Waals surface area contributed by atoms with Crippen LogP contribution >= 0.6 is 11.6 Å². The summed E-state index contributed by atoms with van der Waals surface area (Å²) >= 11 is 5.89. The number of hydrogen-bond donors (Lipinski definition) is 1. The van der Waals surface area contributed by atoms with Crippen LogP contribution in [0, 0.1) is 5.92 Å². The number of rotatable bonds is 4. The van der Waals surface area contributed by atoms with Gasteiger partial charge in [-0.2, -0.15) is 0 Å². The first-order valence-electron chi connectivity index (χ1n) is 5.09. The second-order valence-corrected chi connectivity index (χ2v) is 4.51. The van der Waals surface area contributed by atoms with Gasteiger partial charge in [-0.25, -0.2) is 0 Å². The lowest BCUT2D eigenvalue weighted by Crippen LogP contribution is -2.26. The van der Waals surface area contributed by atoms with Gasteiger partial charge < -0.3 is 5.73 Å². The summed E-state index contributed by atoms with van der Waals surface area (Å²) in [4.78, 5) is 0. The summed E-state index contributed by atoms with van der Waals surface area (Å²) in [5.41, 5.74) is 7.24. The standard InChI is InChI=1S/C12H18ClN/c1-9(2)12(14)7-6-10-4-3-5-11(13)8-10/h3-5,8-9,12H,6-7,14H2,1-2H3. The molecule has 0 radical (unpaired) electrons. The minimum Gasteiger partial charge on any atom is -0.327 e. The number of hydrogen-bond acceptors (Lipinski definition) is 1. The minimum atomic E-state index is 0.286. The summed E-state index contributed by atoms with van der Waals surface area (Å²) in [6.45, 7) is 4.31. The van der Waals surface area contributed by atoms with Gasteiger partial charge in [-0.15, -0.1) is 0 Å². The molecule has 0 aromatic heterocycles. The lowest BCUT2D eigenvalue weighted by Gasteiger charge is -2.15. The lowest BCUT2D eigenvalue weighted by atomic mass is 9.98. The molecule has 2 heteroatoms. The van der Waals surface area contributed by atoms with Crippen LogP contribution in [-0.2, 0) is 6.42 Å². The van der Waals surface area contributed by atoms with Crippen molar-refractivity contribution in [1.29, 1.82) is 0 Å². The predicted octanol–water partition coefficient (Wildman–Crippen LogP) is 3.26. The van der Waals surface area contributed by atoms with Crippen LogP contribution in [0.15, 0.2) is 24.3 Å². The van der Waals surface area contributed by atoms with Crippen LogP contribution in [0.5, 0.6) is 0 Å². The highest BCUT2D eigenvalue weighted by Crippen LogP contribution is 2.14. The van der Waals surface area contributed by atoms with E-state index in [1.165, 1.54) is 5.56 Å². The summed E-state index contributed by atoms with van der Waals surface area (Å²) in [6.07, 6.45) is 2.04. The van der Waals surface area contributed by atoms with E-state index < -0.39 is 0 Å². The van der Waals surface area contributed by atoms with E-state index in [9.17, 15) is 0 Å². The maximum Gasteiger partial charge on any atom is 0.0408 e. The Labute approximate surface area is 91.3 Å². The first-order chi connectivity index (χ1) is 6.59. The van der Waals surface area contributed by atoms with Crippen molar-refractivity contribution in [3.05, 3.63) is 34.9 Å². The molecule has 1 aromatic rings. The van der Waals surface area contributed by atoms with E-state index in [1.807, 2.05) is 18.2 Å². The highest BCUT2D eigenvalue weighted by atomic mass is 35.5. The van der Waals surface area contributed by atoms with E-state index in [0.29, 0.717) is 5.92 Å². The molecule has 0 fully saturated rings. The fourth-order valence-electron chi connectivity index (χ4n) is 1.36. The Morgan fingerprint density at radius 1 is 1.36 bits per heavy atom. The summed E-state index contributed by atoms with van der Waals surface area (Å²) in [7, 11) is 0. The van der Waals surface area contributed by atoms with Gasteiger partial charge in [0.25, 0.3) is 0 Å². The zero-order chi connectivity index (χ0) is 10.6. The second-order valence-electron chi connectivity index (χ2n) is 4.08. The van der Waals surface area contributed by atoms with Gasteiger partial charge in [0.15, 0.2) is 0 Å². The molecule has 1 unspecified atom stereocenters. The van der Waals surface area contributed by atoms with Crippen LogP contribution in [0.2, 0.25) is 5.02 Å². The summed E-state index contributed by atoms with van der Waals surface area (Å²) in [6, 6.07) is 8.27. The third-order valence-corrected chi connectivity index (χ3v) is 2.75. The molecule has 0 spiro atoms. The zero-order valence-corrected chi connectivity index (χ0v) is 9.59. The number of halogens is 1. The van der Waals surface area contributed by atoms with Gasteiger partial charge in [-0.3, -0.25) is 0 Å². The molecule has 1 aromatic carbocycles. The highest BCUT2D eigenvalue weighted by Gasteiger charge is 2.07.